The number of halogens is 1. The molecule has 1 heterocycles. The van der Waals surface area contributed by atoms with Gasteiger partial charge in [0.05, 0.1) is 0 Å². The number of anilines is 1. The molecule has 0 aromatic heterocycles. The summed E-state index contributed by atoms with van der Waals surface area (Å²) in [6.07, 6.45) is 6.89. The summed E-state index contributed by atoms with van der Waals surface area (Å²) in [4.78, 5) is 2.57. The quantitative estimate of drug-likeness (QED) is 0.841. The number of likely N-dealkylation sites (tertiary alicyclic amines) is 1. The molecule has 0 bridgehead atoms. The van der Waals surface area contributed by atoms with Gasteiger partial charge in [0.2, 0.25) is 0 Å². The third-order valence-electron chi connectivity index (χ3n) is 3.42. The van der Waals surface area contributed by atoms with E-state index in [-0.39, 0.29) is 0 Å². The number of hydrogen-bond acceptors (Lipinski definition) is 2. The molecule has 2 rings (SSSR count). The summed E-state index contributed by atoms with van der Waals surface area (Å²) in [6, 6.07) is 6.27. The predicted molar refractivity (Wildman–Crippen MR) is 76.9 cm³/mol. The first-order valence-electron chi connectivity index (χ1n) is 6.52. The molecule has 1 aliphatic rings. The minimum Gasteiger partial charge on any atom is -0.398 e. The van der Waals surface area contributed by atoms with Crippen molar-refractivity contribution in [1.29, 1.82) is 0 Å². The molecule has 0 unspecified atom stereocenters. The van der Waals surface area contributed by atoms with E-state index in [1.807, 2.05) is 6.07 Å². The van der Waals surface area contributed by atoms with E-state index in [2.05, 4.69) is 33.0 Å². The molecule has 1 fully saturated rings. The standard InChI is InChI=1S/C14H21BrN2/c15-13-10-12(6-7-14(13)16)11-17-8-4-2-1-3-5-9-17/h6-7,10H,1-5,8-9,11,16H2. The first-order valence-corrected chi connectivity index (χ1v) is 7.31. The van der Waals surface area contributed by atoms with Crippen molar-refractivity contribution >= 4 is 21.6 Å². The summed E-state index contributed by atoms with van der Waals surface area (Å²) in [6.45, 7) is 3.53. The average molecular weight is 297 g/mol. The highest BCUT2D eigenvalue weighted by atomic mass is 79.9. The number of nitrogens with zero attached hydrogens (tertiary/aromatic N) is 1. The van der Waals surface area contributed by atoms with Gasteiger partial charge in [0.25, 0.3) is 0 Å². The van der Waals surface area contributed by atoms with Gasteiger partial charge in [-0.3, -0.25) is 4.90 Å². The van der Waals surface area contributed by atoms with Crippen LogP contribution >= 0.6 is 15.9 Å². The van der Waals surface area contributed by atoms with Crippen molar-refractivity contribution in [1.82, 2.24) is 4.90 Å². The summed E-state index contributed by atoms with van der Waals surface area (Å²) in [7, 11) is 0. The molecule has 94 valence electrons. The Morgan fingerprint density at radius 2 is 1.71 bits per heavy atom. The lowest BCUT2D eigenvalue weighted by molar-refractivity contribution is 0.240. The Kier molecular flexibility index (Phi) is 4.86. The van der Waals surface area contributed by atoms with Crippen LogP contribution in [0.1, 0.15) is 37.7 Å². The van der Waals surface area contributed by atoms with Gasteiger partial charge in [-0.15, -0.1) is 0 Å². The largest absolute Gasteiger partial charge is 0.398 e. The molecule has 1 aromatic rings. The molecule has 0 radical (unpaired) electrons. The van der Waals surface area contributed by atoms with E-state index in [1.54, 1.807) is 0 Å². The zero-order valence-corrected chi connectivity index (χ0v) is 11.9. The summed E-state index contributed by atoms with van der Waals surface area (Å²) < 4.78 is 1.02. The molecule has 2 N–H and O–H groups in total. The zero-order valence-electron chi connectivity index (χ0n) is 10.3. The maximum atomic E-state index is 5.81. The molecule has 0 aliphatic carbocycles. The zero-order chi connectivity index (χ0) is 12.1. The maximum Gasteiger partial charge on any atom is 0.0458 e. The average Bonchev–Trinajstić information content (AvgIpc) is 2.27. The van der Waals surface area contributed by atoms with Gasteiger partial charge < -0.3 is 5.73 Å². The molecular weight excluding hydrogens is 276 g/mol. The van der Waals surface area contributed by atoms with Crippen molar-refractivity contribution in [3.8, 4) is 0 Å². The second-order valence-electron chi connectivity index (χ2n) is 4.90. The Bertz CT molecular complexity index is 357. The second kappa shape index (κ2) is 6.41. The van der Waals surface area contributed by atoms with Crippen molar-refractivity contribution in [2.45, 2.75) is 38.6 Å². The summed E-state index contributed by atoms with van der Waals surface area (Å²) in [5.41, 5.74) is 7.98. The molecule has 3 heteroatoms. The number of nitrogen functional groups attached to an aromatic ring is 1. The van der Waals surface area contributed by atoms with E-state index in [0.29, 0.717) is 0 Å². The Balaban J connectivity index is 1.95. The normalized spacial score (nSPS) is 18.6. The van der Waals surface area contributed by atoms with Crippen LogP contribution in [0.4, 0.5) is 5.69 Å². The van der Waals surface area contributed by atoms with E-state index >= 15 is 0 Å². The van der Waals surface area contributed by atoms with Gasteiger partial charge in [-0.25, -0.2) is 0 Å². The molecule has 1 aromatic carbocycles. The minimum atomic E-state index is 0.821. The highest BCUT2D eigenvalue weighted by Gasteiger charge is 2.09. The fourth-order valence-electron chi connectivity index (χ4n) is 2.40. The van der Waals surface area contributed by atoms with Crippen LogP contribution in [-0.2, 0) is 6.54 Å². The second-order valence-corrected chi connectivity index (χ2v) is 5.75. The van der Waals surface area contributed by atoms with Gasteiger partial charge in [0.15, 0.2) is 0 Å². The third-order valence-corrected chi connectivity index (χ3v) is 4.11. The van der Waals surface area contributed by atoms with E-state index in [0.717, 1.165) is 16.7 Å². The van der Waals surface area contributed by atoms with Gasteiger partial charge in [-0.2, -0.15) is 0 Å². The SMILES string of the molecule is Nc1ccc(CN2CCCCCCC2)cc1Br. The van der Waals surface area contributed by atoms with Gasteiger partial charge in [0.1, 0.15) is 0 Å². The molecule has 0 saturated carbocycles. The molecule has 1 aliphatic heterocycles. The number of nitrogens with two attached hydrogens (primary N) is 1. The van der Waals surface area contributed by atoms with Crippen LogP contribution in [0, 0.1) is 0 Å². The van der Waals surface area contributed by atoms with Crippen LogP contribution in [-0.4, -0.2) is 18.0 Å². The maximum absolute atomic E-state index is 5.81. The highest BCUT2D eigenvalue weighted by Crippen LogP contribution is 2.22. The predicted octanol–water partition coefficient (Wildman–Crippen LogP) is 3.80. The van der Waals surface area contributed by atoms with Crippen molar-refractivity contribution in [3.63, 3.8) is 0 Å². The molecule has 17 heavy (non-hydrogen) atoms. The van der Waals surface area contributed by atoms with Crippen LogP contribution in [0.15, 0.2) is 22.7 Å². The topological polar surface area (TPSA) is 29.3 Å². The fraction of sp³-hybridized carbons (Fsp3) is 0.571. The number of rotatable bonds is 2. The Morgan fingerprint density at radius 1 is 1.06 bits per heavy atom. The Hall–Kier alpha value is -0.540. The molecular formula is C14H21BrN2. The molecule has 0 spiro atoms. The Labute approximate surface area is 112 Å². The lowest BCUT2D eigenvalue weighted by Gasteiger charge is -2.24. The van der Waals surface area contributed by atoms with Crippen molar-refractivity contribution in [2.24, 2.45) is 0 Å². The van der Waals surface area contributed by atoms with Gasteiger partial charge in [-0.1, -0.05) is 25.3 Å². The van der Waals surface area contributed by atoms with Crippen molar-refractivity contribution in [2.75, 3.05) is 18.8 Å². The number of hydrogen-bond donors (Lipinski definition) is 1. The van der Waals surface area contributed by atoms with Gasteiger partial charge in [-0.05, 0) is 59.6 Å². The lowest BCUT2D eigenvalue weighted by atomic mass is 10.1. The molecule has 2 nitrogen and oxygen atoms in total. The Morgan fingerprint density at radius 3 is 2.35 bits per heavy atom. The van der Waals surface area contributed by atoms with Gasteiger partial charge in [0, 0.05) is 16.7 Å². The molecule has 1 saturated heterocycles. The first kappa shape index (κ1) is 12.9. The molecule has 0 amide bonds. The fourth-order valence-corrected chi connectivity index (χ4v) is 2.82. The first-order chi connectivity index (χ1) is 8.25. The minimum absolute atomic E-state index is 0.821. The van der Waals surface area contributed by atoms with Crippen molar-refractivity contribution in [3.05, 3.63) is 28.2 Å². The number of benzene rings is 1. The van der Waals surface area contributed by atoms with Crippen LogP contribution < -0.4 is 5.73 Å². The van der Waals surface area contributed by atoms with Crippen LogP contribution in [0.25, 0.3) is 0 Å². The summed E-state index contributed by atoms with van der Waals surface area (Å²) in [5.74, 6) is 0. The highest BCUT2D eigenvalue weighted by molar-refractivity contribution is 9.10. The summed E-state index contributed by atoms with van der Waals surface area (Å²) >= 11 is 3.50. The van der Waals surface area contributed by atoms with Crippen LogP contribution in [0.3, 0.4) is 0 Å². The van der Waals surface area contributed by atoms with E-state index in [4.69, 9.17) is 5.73 Å². The van der Waals surface area contributed by atoms with Crippen molar-refractivity contribution < 1.29 is 0 Å². The van der Waals surface area contributed by atoms with Gasteiger partial charge >= 0.3 is 0 Å². The smallest absolute Gasteiger partial charge is 0.0458 e. The molecule has 0 atom stereocenters. The lowest BCUT2D eigenvalue weighted by Crippen LogP contribution is -2.26. The van der Waals surface area contributed by atoms with E-state index < -0.39 is 0 Å². The monoisotopic (exact) mass is 296 g/mol. The third kappa shape index (κ3) is 4.00. The van der Waals surface area contributed by atoms with E-state index in [1.165, 1.54) is 50.8 Å². The summed E-state index contributed by atoms with van der Waals surface area (Å²) in [5, 5.41) is 0. The van der Waals surface area contributed by atoms with Crippen LogP contribution in [0.5, 0.6) is 0 Å². The van der Waals surface area contributed by atoms with E-state index in [9.17, 15) is 0 Å². The van der Waals surface area contributed by atoms with Crippen LogP contribution in [0.2, 0.25) is 0 Å².